The maximum atomic E-state index is 12.8. The van der Waals surface area contributed by atoms with Gasteiger partial charge in [0.15, 0.2) is 0 Å². The average molecular weight is 422 g/mol. The van der Waals surface area contributed by atoms with Crippen molar-refractivity contribution in [3.05, 3.63) is 89.7 Å². The van der Waals surface area contributed by atoms with E-state index in [4.69, 9.17) is 4.74 Å². The number of halogens is 3. The van der Waals surface area contributed by atoms with Crippen LogP contribution in [0.4, 0.5) is 13.2 Å². The minimum absolute atomic E-state index is 0.0979. The van der Waals surface area contributed by atoms with Crippen molar-refractivity contribution in [2.24, 2.45) is 0 Å². The summed E-state index contributed by atoms with van der Waals surface area (Å²) in [5.41, 5.74) is 0.313. The van der Waals surface area contributed by atoms with Crippen LogP contribution in [0.3, 0.4) is 0 Å². The monoisotopic (exact) mass is 422 g/mol. The number of hydrogen-bond donors (Lipinski definition) is 1. The molecule has 0 atom stereocenters. The highest BCUT2D eigenvalue weighted by molar-refractivity contribution is 7.89. The van der Waals surface area contributed by atoms with Gasteiger partial charge in [0.25, 0.3) is 0 Å². The Bertz CT molecular complexity index is 1070. The van der Waals surface area contributed by atoms with Crippen molar-refractivity contribution < 1.29 is 26.3 Å². The molecule has 1 heterocycles. The lowest BCUT2D eigenvalue weighted by Gasteiger charge is -2.11. The van der Waals surface area contributed by atoms with Crippen LogP contribution >= 0.6 is 0 Å². The van der Waals surface area contributed by atoms with E-state index in [-0.39, 0.29) is 13.2 Å². The first-order chi connectivity index (χ1) is 13.7. The number of ether oxygens (including phenoxy) is 1. The van der Waals surface area contributed by atoms with Gasteiger partial charge in [-0.05, 0) is 48.0 Å². The molecule has 3 aromatic rings. The van der Waals surface area contributed by atoms with Gasteiger partial charge in [0.05, 0.1) is 16.2 Å². The summed E-state index contributed by atoms with van der Waals surface area (Å²) >= 11 is 0. The molecule has 0 spiro atoms. The zero-order valence-corrected chi connectivity index (χ0v) is 15.9. The standard InChI is InChI=1S/C20H17F3N2O3S/c21-20(22,23)16-6-4-9-19(12-16)29(26,27)25-13-15-5-3-8-18(11-15)28-14-17-7-1-2-10-24-17/h1-12,25H,13-14H2. The molecule has 0 unspecified atom stereocenters. The molecule has 5 nitrogen and oxygen atoms in total. The van der Waals surface area contributed by atoms with E-state index in [0.29, 0.717) is 17.4 Å². The van der Waals surface area contributed by atoms with Gasteiger partial charge in [-0.25, -0.2) is 13.1 Å². The summed E-state index contributed by atoms with van der Waals surface area (Å²) < 4.78 is 71.1. The first-order valence-corrected chi connectivity index (χ1v) is 10.0. The van der Waals surface area contributed by atoms with E-state index < -0.39 is 26.7 Å². The summed E-state index contributed by atoms with van der Waals surface area (Å²) in [6.45, 7) is 0.152. The largest absolute Gasteiger partial charge is 0.487 e. The average Bonchev–Trinajstić information content (AvgIpc) is 2.71. The fourth-order valence-electron chi connectivity index (χ4n) is 2.49. The van der Waals surface area contributed by atoms with E-state index in [1.807, 2.05) is 12.1 Å². The number of rotatable bonds is 7. The SMILES string of the molecule is O=S(=O)(NCc1cccc(OCc2ccccn2)c1)c1cccc(C(F)(F)F)c1. The van der Waals surface area contributed by atoms with Crippen LogP contribution in [0.25, 0.3) is 0 Å². The number of sulfonamides is 1. The Hall–Kier alpha value is -2.91. The summed E-state index contributed by atoms with van der Waals surface area (Å²) in [5.74, 6) is 0.520. The number of hydrogen-bond acceptors (Lipinski definition) is 4. The van der Waals surface area contributed by atoms with Crippen molar-refractivity contribution in [3.8, 4) is 5.75 Å². The van der Waals surface area contributed by atoms with Crippen molar-refractivity contribution in [1.29, 1.82) is 0 Å². The summed E-state index contributed by atoms with van der Waals surface area (Å²) in [4.78, 5) is 3.70. The first kappa shape index (κ1) is 20.8. The fraction of sp³-hybridized carbons (Fsp3) is 0.150. The van der Waals surface area contributed by atoms with Crippen LogP contribution in [0.2, 0.25) is 0 Å². The van der Waals surface area contributed by atoms with Crippen molar-refractivity contribution in [3.63, 3.8) is 0 Å². The molecule has 152 valence electrons. The van der Waals surface area contributed by atoms with Gasteiger partial charge in [0.2, 0.25) is 10.0 Å². The zero-order valence-electron chi connectivity index (χ0n) is 15.1. The van der Waals surface area contributed by atoms with E-state index in [1.165, 1.54) is 0 Å². The fourth-order valence-corrected chi connectivity index (χ4v) is 3.55. The Morgan fingerprint density at radius 2 is 1.76 bits per heavy atom. The van der Waals surface area contributed by atoms with E-state index >= 15 is 0 Å². The van der Waals surface area contributed by atoms with Crippen LogP contribution < -0.4 is 9.46 Å². The first-order valence-electron chi connectivity index (χ1n) is 8.53. The molecule has 0 aliphatic carbocycles. The van der Waals surface area contributed by atoms with Crippen LogP contribution in [0.5, 0.6) is 5.75 Å². The summed E-state index contributed by atoms with van der Waals surface area (Å²) in [6.07, 6.45) is -2.97. The summed E-state index contributed by atoms with van der Waals surface area (Å²) in [6, 6.07) is 15.8. The lowest BCUT2D eigenvalue weighted by molar-refractivity contribution is -0.137. The van der Waals surface area contributed by atoms with Crippen LogP contribution in [0.1, 0.15) is 16.8 Å². The highest BCUT2D eigenvalue weighted by Gasteiger charge is 2.31. The van der Waals surface area contributed by atoms with Crippen LogP contribution in [-0.4, -0.2) is 13.4 Å². The second-order valence-corrected chi connectivity index (χ2v) is 7.87. The summed E-state index contributed by atoms with van der Waals surface area (Å²) in [5, 5.41) is 0. The Kier molecular flexibility index (Phi) is 6.19. The van der Waals surface area contributed by atoms with Gasteiger partial charge in [-0.2, -0.15) is 13.2 Å². The Balaban J connectivity index is 1.66. The lowest BCUT2D eigenvalue weighted by Crippen LogP contribution is -2.23. The zero-order chi connectivity index (χ0) is 20.9. The quantitative estimate of drug-likeness (QED) is 0.621. The molecule has 1 aromatic heterocycles. The Morgan fingerprint density at radius 3 is 2.48 bits per heavy atom. The maximum absolute atomic E-state index is 12.8. The minimum atomic E-state index is -4.62. The van der Waals surface area contributed by atoms with Gasteiger partial charge >= 0.3 is 6.18 Å². The second kappa shape index (κ2) is 8.62. The Morgan fingerprint density at radius 1 is 0.966 bits per heavy atom. The molecule has 0 aliphatic heterocycles. The molecule has 9 heteroatoms. The van der Waals surface area contributed by atoms with E-state index in [0.717, 1.165) is 23.9 Å². The molecule has 0 radical (unpaired) electrons. The molecule has 0 aliphatic rings. The molecule has 0 saturated carbocycles. The van der Waals surface area contributed by atoms with Gasteiger partial charge in [0.1, 0.15) is 12.4 Å². The minimum Gasteiger partial charge on any atom is -0.487 e. The van der Waals surface area contributed by atoms with Crippen LogP contribution in [-0.2, 0) is 29.4 Å². The summed E-state index contributed by atoms with van der Waals surface area (Å²) in [7, 11) is -4.11. The van der Waals surface area contributed by atoms with Gasteiger partial charge in [-0.15, -0.1) is 0 Å². The van der Waals surface area contributed by atoms with Crippen molar-refractivity contribution in [2.75, 3.05) is 0 Å². The highest BCUT2D eigenvalue weighted by Crippen LogP contribution is 2.30. The Labute approximate surface area is 166 Å². The third kappa shape index (κ3) is 5.78. The topological polar surface area (TPSA) is 68.3 Å². The number of alkyl halides is 3. The number of nitrogens with zero attached hydrogens (tertiary/aromatic N) is 1. The molecule has 3 rings (SSSR count). The smallest absolute Gasteiger partial charge is 0.416 e. The normalized spacial score (nSPS) is 12.0. The molecule has 0 fully saturated rings. The predicted octanol–water partition coefficient (Wildman–Crippen LogP) is 4.16. The lowest BCUT2D eigenvalue weighted by atomic mass is 10.2. The van der Waals surface area contributed by atoms with Gasteiger partial charge in [0, 0.05) is 12.7 Å². The van der Waals surface area contributed by atoms with E-state index in [9.17, 15) is 21.6 Å². The number of benzene rings is 2. The molecule has 29 heavy (non-hydrogen) atoms. The number of aromatic nitrogens is 1. The number of nitrogens with one attached hydrogen (secondary N) is 1. The number of pyridine rings is 1. The highest BCUT2D eigenvalue weighted by atomic mass is 32.2. The van der Waals surface area contributed by atoms with Crippen LogP contribution in [0, 0.1) is 0 Å². The van der Waals surface area contributed by atoms with Gasteiger partial charge in [-0.1, -0.05) is 24.3 Å². The molecule has 0 amide bonds. The van der Waals surface area contributed by atoms with Crippen molar-refractivity contribution in [2.45, 2.75) is 24.2 Å². The second-order valence-electron chi connectivity index (χ2n) is 6.11. The molecular formula is C20H17F3N2O3S. The molecule has 0 bridgehead atoms. The third-order valence-corrected chi connectivity index (χ3v) is 5.35. The van der Waals surface area contributed by atoms with Crippen molar-refractivity contribution in [1.82, 2.24) is 9.71 Å². The van der Waals surface area contributed by atoms with Gasteiger partial charge < -0.3 is 4.74 Å². The van der Waals surface area contributed by atoms with Gasteiger partial charge in [-0.3, -0.25) is 4.98 Å². The van der Waals surface area contributed by atoms with Crippen molar-refractivity contribution >= 4 is 10.0 Å². The predicted molar refractivity (Wildman–Crippen MR) is 100 cm³/mol. The van der Waals surface area contributed by atoms with Crippen LogP contribution in [0.15, 0.2) is 77.8 Å². The molecule has 2 aromatic carbocycles. The van der Waals surface area contributed by atoms with E-state index in [1.54, 1.807) is 36.5 Å². The molecule has 0 saturated heterocycles. The molecule has 1 N–H and O–H groups in total. The third-order valence-electron chi connectivity index (χ3n) is 3.95. The van der Waals surface area contributed by atoms with E-state index in [2.05, 4.69) is 9.71 Å². The molecular weight excluding hydrogens is 405 g/mol. The maximum Gasteiger partial charge on any atom is 0.416 e.